The third-order valence-electron chi connectivity index (χ3n) is 5.20. The zero-order valence-electron chi connectivity index (χ0n) is 18.2. The van der Waals surface area contributed by atoms with Crippen LogP contribution in [0, 0.1) is 5.92 Å². The van der Waals surface area contributed by atoms with Gasteiger partial charge in [0.25, 0.3) is 0 Å². The number of rotatable bonds is 8. The van der Waals surface area contributed by atoms with Crippen LogP contribution in [0.5, 0.6) is 0 Å². The highest BCUT2D eigenvalue weighted by Crippen LogP contribution is 2.24. The Kier molecular flexibility index (Phi) is 8.12. The van der Waals surface area contributed by atoms with Gasteiger partial charge in [0.05, 0.1) is 35.5 Å². The molecule has 2 N–H and O–H groups in total. The predicted molar refractivity (Wildman–Crippen MR) is 120 cm³/mol. The van der Waals surface area contributed by atoms with E-state index in [2.05, 4.69) is 15.6 Å². The van der Waals surface area contributed by atoms with Crippen molar-refractivity contribution in [2.45, 2.75) is 24.7 Å². The van der Waals surface area contributed by atoms with E-state index in [0.29, 0.717) is 18.5 Å². The number of ether oxygens (including phenoxy) is 1. The second-order valence-corrected chi connectivity index (χ2v) is 9.37. The van der Waals surface area contributed by atoms with Crippen molar-refractivity contribution < 1.29 is 27.5 Å². The Bertz CT molecular complexity index is 1080. The molecule has 0 aliphatic carbocycles. The van der Waals surface area contributed by atoms with Crippen molar-refractivity contribution in [1.29, 1.82) is 0 Å². The van der Waals surface area contributed by atoms with Gasteiger partial charge in [-0.25, -0.2) is 13.2 Å². The van der Waals surface area contributed by atoms with Gasteiger partial charge >= 0.3 is 5.97 Å². The minimum atomic E-state index is -3.75. The minimum Gasteiger partial charge on any atom is -0.462 e. The highest BCUT2D eigenvalue weighted by molar-refractivity contribution is 7.89. The number of piperidine rings is 1. The van der Waals surface area contributed by atoms with Gasteiger partial charge in [-0.2, -0.15) is 4.31 Å². The normalized spacial score (nSPS) is 14.9. The maximum absolute atomic E-state index is 12.9. The molecule has 10 nitrogen and oxygen atoms in total. The molecule has 0 spiro atoms. The molecule has 1 aromatic heterocycles. The summed E-state index contributed by atoms with van der Waals surface area (Å²) in [5.74, 6) is -1.55. The highest BCUT2D eigenvalue weighted by Gasteiger charge is 2.32. The number of esters is 1. The van der Waals surface area contributed by atoms with Crippen LogP contribution in [-0.4, -0.2) is 61.7 Å². The van der Waals surface area contributed by atoms with Crippen LogP contribution in [0.25, 0.3) is 0 Å². The second-order valence-electron chi connectivity index (χ2n) is 7.43. The lowest BCUT2D eigenvalue weighted by atomic mass is 9.97. The third-order valence-corrected chi connectivity index (χ3v) is 7.11. The molecule has 2 amide bonds. The van der Waals surface area contributed by atoms with Crippen LogP contribution in [0.2, 0.25) is 0 Å². The molecular formula is C22H26N4O6S. The Labute approximate surface area is 192 Å². The van der Waals surface area contributed by atoms with Crippen LogP contribution >= 0.6 is 0 Å². The van der Waals surface area contributed by atoms with Gasteiger partial charge in [-0.1, -0.05) is 0 Å². The average molecular weight is 475 g/mol. The lowest BCUT2D eigenvalue weighted by Gasteiger charge is -2.30. The molecule has 0 saturated carbocycles. The van der Waals surface area contributed by atoms with Gasteiger partial charge in [-0.05, 0) is 56.2 Å². The molecule has 1 aromatic carbocycles. The standard InChI is InChI=1S/C22H26N4O6S/c1-2-32-22(29)17-5-7-19(8-6-17)33(30,31)26-12-9-16(10-13-26)21(28)24-15-20(27)25-18-4-3-11-23-14-18/h3-8,11,14,16H,2,9-10,12-13,15H2,1H3,(H,24,28)(H,25,27). The van der Waals surface area contributed by atoms with Gasteiger partial charge in [0.15, 0.2) is 0 Å². The second kappa shape index (κ2) is 11.0. The van der Waals surface area contributed by atoms with Gasteiger partial charge in [0.1, 0.15) is 0 Å². The Morgan fingerprint density at radius 2 is 1.82 bits per heavy atom. The molecule has 0 atom stereocenters. The average Bonchev–Trinajstić information content (AvgIpc) is 2.83. The van der Waals surface area contributed by atoms with Crippen molar-refractivity contribution in [3.05, 3.63) is 54.4 Å². The molecule has 1 saturated heterocycles. The van der Waals surface area contributed by atoms with E-state index >= 15 is 0 Å². The SMILES string of the molecule is CCOC(=O)c1ccc(S(=O)(=O)N2CCC(C(=O)NCC(=O)Nc3cccnc3)CC2)cc1. The van der Waals surface area contributed by atoms with Crippen molar-refractivity contribution in [1.82, 2.24) is 14.6 Å². The number of benzene rings is 1. The summed E-state index contributed by atoms with van der Waals surface area (Å²) in [5, 5.41) is 5.23. The molecule has 3 rings (SSSR count). The van der Waals surface area contributed by atoms with Crippen LogP contribution in [-0.2, 0) is 24.3 Å². The van der Waals surface area contributed by atoms with E-state index in [9.17, 15) is 22.8 Å². The van der Waals surface area contributed by atoms with Crippen molar-refractivity contribution in [3.8, 4) is 0 Å². The van der Waals surface area contributed by atoms with E-state index in [-0.39, 0.29) is 54.4 Å². The van der Waals surface area contributed by atoms with E-state index < -0.39 is 16.0 Å². The monoisotopic (exact) mass is 474 g/mol. The number of sulfonamides is 1. The maximum atomic E-state index is 12.9. The summed E-state index contributed by atoms with van der Waals surface area (Å²) in [6, 6.07) is 8.96. The lowest BCUT2D eigenvalue weighted by Crippen LogP contribution is -2.44. The summed E-state index contributed by atoms with van der Waals surface area (Å²) in [6.07, 6.45) is 3.77. The van der Waals surface area contributed by atoms with E-state index in [1.165, 1.54) is 34.8 Å². The number of carbonyl (C=O) groups excluding carboxylic acids is 3. The van der Waals surface area contributed by atoms with Crippen molar-refractivity contribution >= 4 is 33.5 Å². The first-order chi connectivity index (χ1) is 15.8. The van der Waals surface area contributed by atoms with Crippen molar-refractivity contribution in [3.63, 3.8) is 0 Å². The fourth-order valence-corrected chi connectivity index (χ4v) is 4.91. The van der Waals surface area contributed by atoms with Gasteiger partial charge in [-0.15, -0.1) is 0 Å². The zero-order valence-corrected chi connectivity index (χ0v) is 19.0. The quantitative estimate of drug-likeness (QED) is 0.553. The van der Waals surface area contributed by atoms with Crippen LogP contribution in [0.15, 0.2) is 53.7 Å². The predicted octanol–water partition coefficient (Wildman–Crippen LogP) is 1.41. The highest BCUT2D eigenvalue weighted by atomic mass is 32.2. The molecule has 1 aliphatic rings. The number of pyridine rings is 1. The molecule has 11 heteroatoms. The molecule has 176 valence electrons. The Morgan fingerprint density at radius 3 is 2.42 bits per heavy atom. The van der Waals surface area contributed by atoms with Crippen LogP contribution < -0.4 is 10.6 Å². The van der Waals surface area contributed by atoms with Gasteiger partial charge in [0.2, 0.25) is 21.8 Å². The van der Waals surface area contributed by atoms with Gasteiger partial charge in [0, 0.05) is 25.2 Å². The summed E-state index contributed by atoms with van der Waals surface area (Å²) >= 11 is 0. The van der Waals surface area contributed by atoms with E-state index in [1.54, 1.807) is 25.3 Å². The Hall–Kier alpha value is -3.31. The molecule has 1 fully saturated rings. The third kappa shape index (κ3) is 6.36. The summed E-state index contributed by atoms with van der Waals surface area (Å²) in [7, 11) is -3.75. The first kappa shape index (κ1) is 24.3. The van der Waals surface area contributed by atoms with Crippen LogP contribution in [0.1, 0.15) is 30.1 Å². The summed E-state index contributed by atoms with van der Waals surface area (Å²) in [4.78, 5) is 40.1. The topological polar surface area (TPSA) is 135 Å². The molecule has 0 radical (unpaired) electrons. The number of nitrogens with zero attached hydrogens (tertiary/aromatic N) is 2. The smallest absolute Gasteiger partial charge is 0.338 e. The van der Waals surface area contributed by atoms with Crippen LogP contribution in [0.4, 0.5) is 5.69 Å². The number of nitrogens with one attached hydrogen (secondary N) is 2. The van der Waals surface area contributed by atoms with E-state index in [4.69, 9.17) is 4.74 Å². The number of amides is 2. The van der Waals surface area contributed by atoms with Crippen LogP contribution in [0.3, 0.4) is 0 Å². The Morgan fingerprint density at radius 1 is 1.12 bits per heavy atom. The summed E-state index contributed by atoms with van der Waals surface area (Å²) in [5.41, 5.74) is 0.810. The number of hydrogen-bond donors (Lipinski definition) is 2. The molecule has 33 heavy (non-hydrogen) atoms. The first-order valence-electron chi connectivity index (χ1n) is 10.6. The number of anilines is 1. The summed E-state index contributed by atoms with van der Waals surface area (Å²) in [6.45, 7) is 2.11. The van der Waals surface area contributed by atoms with E-state index in [0.717, 1.165) is 0 Å². The first-order valence-corrected chi connectivity index (χ1v) is 12.0. The van der Waals surface area contributed by atoms with Crippen molar-refractivity contribution in [2.24, 2.45) is 5.92 Å². The Balaban J connectivity index is 1.49. The molecule has 2 heterocycles. The van der Waals surface area contributed by atoms with Gasteiger partial charge in [-0.3, -0.25) is 14.6 Å². The molecule has 1 aliphatic heterocycles. The number of hydrogen-bond acceptors (Lipinski definition) is 7. The largest absolute Gasteiger partial charge is 0.462 e. The minimum absolute atomic E-state index is 0.0746. The number of carbonyl (C=O) groups is 3. The molecule has 2 aromatic rings. The number of aromatic nitrogens is 1. The van der Waals surface area contributed by atoms with Gasteiger partial charge < -0.3 is 15.4 Å². The molecular weight excluding hydrogens is 448 g/mol. The van der Waals surface area contributed by atoms with E-state index in [1.807, 2.05) is 0 Å². The molecule has 0 bridgehead atoms. The molecule has 0 unspecified atom stereocenters. The summed E-state index contributed by atoms with van der Waals surface area (Å²) < 4.78 is 32.0. The lowest BCUT2D eigenvalue weighted by molar-refractivity contribution is -0.128. The van der Waals surface area contributed by atoms with Crippen molar-refractivity contribution in [2.75, 3.05) is 31.6 Å². The fraction of sp³-hybridized carbons (Fsp3) is 0.364. The fourth-order valence-electron chi connectivity index (χ4n) is 3.44. The zero-order chi connectivity index (χ0) is 23.8. The maximum Gasteiger partial charge on any atom is 0.338 e.